The number of rotatable bonds is 0. The van der Waals surface area contributed by atoms with Crippen LogP contribution in [0, 0.1) is 6.30 Å². The molecule has 1 heterocycles. The van der Waals surface area contributed by atoms with Crippen LogP contribution in [0.1, 0.15) is 0 Å². The summed E-state index contributed by atoms with van der Waals surface area (Å²) in [4.78, 5) is 2.16. The number of hydrogen-bond donors (Lipinski definition) is 2. The van der Waals surface area contributed by atoms with Crippen LogP contribution in [-0.4, -0.2) is 69.0 Å². The largest absolute Gasteiger partial charge is 3.00 e. The molecule has 2 N–H and O–H groups in total. The van der Waals surface area contributed by atoms with E-state index >= 15 is 0 Å². The molecule has 0 amide bonds. The van der Waals surface area contributed by atoms with Crippen molar-refractivity contribution in [1.82, 2.24) is 20.4 Å². The Labute approximate surface area is 150 Å². The van der Waals surface area contributed by atoms with Gasteiger partial charge in [0.15, 0.2) is 18.9 Å². The van der Waals surface area contributed by atoms with Gasteiger partial charge < -0.3 is 39.4 Å². The average Bonchev–Trinajstić information content (AvgIpc) is 2.31. The summed E-state index contributed by atoms with van der Waals surface area (Å²) in [6.07, 6.45) is -5.26. The van der Waals surface area contributed by atoms with Crippen LogP contribution in [0.5, 0.6) is 0 Å². The first-order chi connectivity index (χ1) is 8.40. The van der Waals surface area contributed by atoms with Gasteiger partial charge in [-0.3, -0.25) is 10.2 Å². The van der Waals surface area contributed by atoms with Crippen molar-refractivity contribution in [3.05, 3.63) is 6.30 Å². The van der Waals surface area contributed by atoms with Crippen LogP contribution in [0.25, 0.3) is 0 Å². The summed E-state index contributed by atoms with van der Waals surface area (Å²) < 4.78 is 53.6. The van der Waals surface area contributed by atoms with E-state index in [9.17, 15) is 17.6 Å². The number of alkyl halides is 3. The van der Waals surface area contributed by atoms with E-state index in [1.165, 1.54) is 14.1 Å². The quantitative estimate of drug-likeness (QED) is 0.187. The van der Waals surface area contributed by atoms with Crippen molar-refractivity contribution < 1.29 is 64.1 Å². The van der Waals surface area contributed by atoms with E-state index in [4.69, 9.17) is 0 Å². The molecule has 1 aliphatic rings. The molecule has 0 aromatic carbocycles. The molecule has 1 fully saturated rings. The smallest absolute Gasteiger partial charge is 1.00 e. The molecule has 4 nitrogen and oxygen atoms in total. The molecule has 3 unspecified atom stereocenters. The maximum atomic E-state index is 13.7. The van der Waals surface area contributed by atoms with E-state index in [0.29, 0.717) is 0 Å². The fourth-order valence-electron chi connectivity index (χ4n) is 1.53. The SMILES string of the molecule is CN1CC(F)N(C)CC(F)NCC(F)NC[C-]1F.[Cl-].[Cl-].[Ti+3]. The van der Waals surface area contributed by atoms with Gasteiger partial charge in [-0.15, -0.1) is 0 Å². The van der Waals surface area contributed by atoms with Gasteiger partial charge in [-0.25, -0.2) is 13.2 Å². The minimum absolute atomic E-state index is 0. The van der Waals surface area contributed by atoms with Crippen LogP contribution in [0.2, 0.25) is 0 Å². The van der Waals surface area contributed by atoms with Crippen LogP contribution in [0.4, 0.5) is 17.6 Å². The number of hydrogen-bond acceptors (Lipinski definition) is 4. The zero-order valence-electron chi connectivity index (χ0n) is 11.7. The molecule has 125 valence electrons. The van der Waals surface area contributed by atoms with Crippen molar-refractivity contribution in [3.63, 3.8) is 0 Å². The fourth-order valence-corrected chi connectivity index (χ4v) is 1.53. The molecule has 3 atom stereocenters. The average molecular weight is 390 g/mol. The second-order valence-corrected chi connectivity index (χ2v) is 4.36. The molecule has 1 aliphatic heterocycles. The van der Waals surface area contributed by atoms with Crippen molar-refractivity contribution in [2.75, 3.05) is 40.3 Å². The van der Waals surface area contributed by atoms with Crippen molar-refractivity contribution in [3.8, 4) is 0 Å². The standard InChI is InChI=1S/C10H19F4N4.2ClH.Ti/c1-17-5-8(12)15-3-7(11)16-4-9(13)18(2)6-10(17)14;;;/h7-8,10,15-16H,3-6H2,1-2H3;2*1H;/q-1;;;+3/p-2. The predicted molar refractivity (Wildman–Crippen MR) is 60.3 cm³/mol. The van der Waals surface area contributed by atoms with Gasteiger partial charge in [0, 0.05) is 19.6 Å². The summed E-state index contributed by atoms with van der Waals surface area (Å²) in [7, 11) is 2.75. The van der Waals surface area contributed by atoms with Crippen molar-refractivity contribution in [2.45, 2.75) is 18.9 Å². The molecule has 1 rings (SSSR count). The number of halogens is 6. The molecule has 0 saturated carbocycles. The van der Waals surface area contributed by atoms with Crippen LogP contribution in [0.15, 0.2) is 0 Å². The van der Waals surface area contributed by atoms with Gasteiger partial charge in [0.1, 0.15) is 0 Å². The third-order valence-corrected chi connectivity index (χ3v) is 2.75. The number of likely N-dealkylation sites (N-methyl/N-ethyl adjacent to an activating group) is 2. The molecule has 0 aliphatic carbocycles. The Morgan fingerprint density at radius 1 is 1.00 bits per heavy atom. The summed E-state index contributed by atoms with van der Waals surface area (Å²) in [6, 6.07) is 0. The monoisotopic (exact) mass is 389 g/mol. The van der Waals surface area contributed by atoms with Crippen LogP contribution in [-0.2, 0) is 21.7 Å². The summed E-state index contributed by atoms with van der Waals surface area (Å²) in [5.74, 6) is 0. The zero-order valence-corrected chi connectivity index (χ0v) is 14.8. The molecular formula is C10H19Cl2F4N4Ti. The van der Waals surface area contributed by atoms with Gasteiger partial charge in [-0.05, 0) is 14.1 Å². The van der Waals surface area contributed by atoms with E-state index in [-0.39, 0.29) is 72.7 Å². The van der Waals surface area contributed by atoms with Crippen LogP contribution in [0.3, 0.4) is 0 Å². The molecule has 1 radical (unpaired) electrons. The summed E-state index contributed by atoms with van der Waals surface area (Å²) in [5, 5.41) is 4.51. The summed E-state index contributed by atoms with van der Waals surface area (Å²) in [5.41, 5.74) is 0. The van der Waals surface area contributed by atoms with Crippen LogP contribution < -0.4 is 35.4 Å². The second-order valence-electron chi connectivity index (χ2n) is 4.36. The minimum Gasteiger partial charge on any atom is -1.00 e. The summed E-state index contributed by atoms with van der Waals surface area (Å²) in [6.45, 7) is -1.13. The Balaban J connectivity index is -0.00000108. The first-order valence-electron chi connectivity index (χ1n) is 5.72. The first kappa shape index (κ1) is 26.7. The molecule has 1 saturated heterocycles. The molecule has 0 aromatic heterocycles. The summed E-state index contributed by atoms with van der Waals surface area (Å²) >= 11 is 0. The first-order valence-corrected chi connectivity index (χ1v) is 5.72. The van der Waals surface area contributed by atoms with E-state index in [0.717, 1.165) is 9.80 Å². The molecule has 0 spiro atoms. The van der Waals surface area contributed by atoms with Crippen molar-refractivity contribution in [1.29, 1.82) is 0 Å². The fraction of sp³-hybridized carbons (Fsp3) is 0.900. The van der Waals surface area contributed by atoms with E-state index in [2.05, 4.69) is 10.6 Å². The van der Waals surface area contributed by atoms with Crippen molar-refractivity contribution >= 4 is 0 Å². The Morgan fingerprint density at radius 2 is 1.57 bits per heavy atom. The second kappa shape index (κ2) is 13.3. The Hall–Kier alpha value is 0.854. The Morgan fingerprint density at radius 3 is 2.14 bits per heavy atom. The maximum Gasteiger partial charge on any atom is 3.00 e. The van der Waals surface area contributed by atoms with E-state index < -0.39 is 25.2 Å². The molecule has 21 heavy (non-hydrogen) atoms. The van der Waals surface area contributed by atoms with Gasteiger partial charge in [0.25, 0.3) is 0 Å². The maximum absolute atomic E-state index is 13.7. The Kier molecular flexibility index (Phi) is 16.9. The Bertz CT molecular complexity index is 261. The molecule has 0 bridgehead atoms. The number of nitrogens with one attached hydrogen (secondary N) is 2. The van der Waals surface area contributed by atoms with E-state index in [1.807, 2.05) is 0 Å². The molecular weight excluding hydrogens is 371 g/mol. The van der Waals surface area contributed by atoms with Gasteiger partial charge in [-0.2, -0.15) is 0 Å². The predicted octanol–water partition coefficient (Wildman–Crippen LogP) is -5.61. The number of nitrogens with zero attached hydrogens (tertiary/aromatic N) is 2. The normalized spacial score (nSPS) is 30.9. The minimum atomic E-state index is -1.56. The topological polar surface area (TPSA) is 30.5 Å². The third-order valence-electron chi connectivity index (χ3n) is 2.75. The van der Waals surface area contributed by atoms with Gasteiger partial charge in [-0.1, -0.05) is 12.8 Å². The third kappa shape index (κ3) is 10.3. The molecule has 0 aromatic rings. The van der Waals surface area contributed by atoms with E-state index in [1.54, 1.807) is 0 Å². The van der Waals surface area contributed by atoms with Gasteiger partial charge in [0.2, 0.25) is 0 Å². The zero-order chi connectivity index (χ0) is 13.7. The van der Waals surface area contributed by atoms with Gasteiger partial charge >= 0.3 is 21.7 Å². The van der Waals surface area contributed by atoms with Gasteiger partial charge in [0.05, 0.1) is 0 Å². The molecule has 11 heteroatoms. The van der Waals surface area contributed by atoms with Crippen LogP contribution >= 0.6 is 0 Å². The van der Waals surface area contributed by atoms with Crippen molar-refractivity contribution in [2.24, 2.45) is 0 Å².